The summed E-state index contributed by atoms with van der Waals surface area (Å²) in [5, 5.41) is 36.1. The zero-order chi connectivity index (χ0) is 51.9. The van der Waals surface area contributed by atoms with Crippen LogP contribution in [0.4, 0.5) is 11.4 Å². The highest BCUT2D eigenvalue weighted by Crippen LogP contribution is 2.40. The Hall–Kier alpha value is -4.52. The van der Waals surface area contributed by atoms with E-state index in [9.17, 15) is 35.5 Å². The lowest BCUT2D eigenvalue weighted by atomic mass is 9.85. The maximum atomic E-state index is 12.4. The number of rotatable bonds is 17. The molecule has 0 aromatic carbocycles. The number of piperazine rings is 1. The van der Waals surface area contributed by atoms with E-state index in [-0.39, 0.29) is 79.1 Å². The van der Waals surface area contributed by atoms with Gasteiger partial charge in [-0.3, -0.25) is 0 Å². The van der Waals surface area contributed by atoms with Gasteiger partial charge in [0.2, 0.25) is 0 Å². The Bertz CT molecular complexity index is 2870. The van der Waals surface area contributed by atoms with Gasteiger partial charge >= 0.3 is 0 Å². The average Bonchev–Trinajstić information content (AvgIpc) is 4.16. The molecule has 392 valence electrons. The van der Waals surface area contributed by atoms with Crippen LogP contribution >= 0.6 is 22.7 Å². The third kappa shape index (κ3) is 14.6. The van der Waals surface area contributed by atoms with Gasteiger partial charge in [-0.1, -0.05) is 55.4 Å². The molecule has 2 unspecified atom stereocenters. The first-order valence-corrected chi connectivity index (χ1v) is 29.6. The van der Waals surface area contributed by atoms with Crippen molar-refractivity contribution < 1.29 is 44.3 Å². The summed E-state index contributed by atoms with van der Waals surface area (Å²) in [5.41, 5.74) is 0.770. The Kier molecular flexibility index (Phi) is 18.5. The van der Waals surface area contributed by atoms with Crippen molar-refractivity contribution in [3.63, 3.8) is 0 Å². The standard InChI is InChI=1S/C26H41N7O5S3.C17H23N5O5S3/c1-6-27-41(36,37)25-21(34)19(17-39-25)28-23-24(31-40(35)30-23)29-22(26(2,3)4)20-15-18(16-38-20)9-7-8-10-33-13-11-32(5)12-14-33;1-5-18-30(25,26)16-12(23)10(9-28-16)19-14-15(22-29(24)21-14)20-13(17(2,3)4)11-7-6-8-27-11/h15-17,22,27,34H,6-14H2,1-5H3,(H,28,30)(H,29,31);6-9,13,18,23H,5H2,1-4H3,(H,19,21)(H,20,22)/t22-,40?;13-,29?/m00/s1. The second-order valence-corrected chi connectivity index (χ2v) is 26.2. The molecule has 0 spiro atoms. The van der Waals surface area contributed by atoms with Crippen molar-refractivity contribution in [2.75, 3.05) is 63.5 Å². The van der Waals surface area contributed by atoms with Crippen LogP contribution in [-0.2, 0) is 48.8 Å². The first-order chi connectivity index (χ1) is 33.4. The summed E-state index contributed by atoms with van der Waals surface area (Å²) in [5.74, 6) is 1.21. The molecular formula is C43H64N12O10S6. The average molecular weight is 1100 g/mol. The normalized spacial score (nSPS) is 19.0. The fraction of sp³-hybridized carbons (Fsp3) is 0.535. The van der Waals surface area contributed by atoms with Crippen molar-refractivity contribution in [3.05, 3.63) is 58.6 Å². The van der Waals surface area contributed by atoms with Crippen LogP contribution in [0.15, 0.2) is 76.3 Å². The maximum Gasteiger partial charge on any atom is 0.269 e. The number of amidine groups is 4. The molecule has 4 aromatic rings. The Balaban J connectivity index is 0.000000244. The Morgan fingerprint density at radius 3 is 1.65 bits per heavy atom. The summed E-state index contributed by atoms with van der Waals surface area (Å²) in [4.78, 5) is 4.89. The number of thiophene rings is 2. The SMILES string of the molecule is CCNS(=O)(=O)c1scc(NC2=NS(=O)N=C2N[C@@H](c2cc(CCCCN3CCN(C)CC3)co2)C(C)(C)C)c1O.CCNS(=O)(=O)c1scc(NC2=NS(=O)N=C2N[C@@H](c2ccco2)C(C)(C)C)c1O. The fourth-order valence-electron chi connectivity index (χ4n) is 7.44. The van der Waals surface area contributed by atoms with Gasteiger partial charge in [0.15, 0.2) is 43.3 Å². The lowest BCUT2D eigenvalue weighted by Gasteiger charge is -2.32. The van der Waals surface area contributed by atoms with Gasteiger partial charge in [-0.15, -0.1) is 40.3 Å². The smallest absolute Gasteiger partial charge is 0.269 e. The van der Waals surface area contributed by atoms with E-state index in [4.69, 9.17) is 8.83 Å². The highest BCUT2D eigenvalue weighted by atomic mass is 32.3. The monoisotopic (exact) mass is 1100 g/mol. The minimum absolute atomic E-state index is 0.119. The van der Waals surface area contributed by atoms with Crippen LogP contribution in [0.3, 0.4) is 0 Å². The zero-order valence-electron chi connectivity index (χ0n) is 41.1. The number of likely N-dealkylation sites (N-methyl/N-ethyl adjacent to an activating group) is 1. The van der Waals surface area contributed by atoms with E-state index in [1.807, 2.05) is 26.8 Å². The number of unbranched alkanes of at least 4 members (excludes halogenated alkanes) is 1. The third-order valence-electron chi connectivity index (χ3n) is 11.1. The van der Waals surface area contributed by atoms with Crippen LogP contribution in [0.25, 0.3) is 0 Å². The quantitative estimate of drug-likeness (QED) is 0.0596. The first kappa shape index (κ1) is 55.8. The summed E-state index contributed by atoms with van der Waals surface area (Å²) >= 11 is -2.01. The lowest BCUT2D eigenvalue weighted by molar-refractivity contribution is 0.152. The maximum absolute atomic E-state index is 12.4. The van der Waals surface area contributed by atoms with E-state index < -0.39 is 53.9 Å². The molecule has 8 N–H and O–H groups in total. The highest BCUT2D eigenvalue weighted by molar-refractivity contribution is 7.92. The molecule has 3 aliphatic rings. The van der Waals surface area contributed by atoms with E-state index in [0.29, 0.717) is 5.76 Å². The van der Waals surface area contributed by atoms with Crippen LogP contribution in [0.5, 0.6) is 11.5 Å². The molecule has 22 nitrogen and oxygen atoms in total. The molecule has 71 heavy (non-hydrogen) atoms. The van der Waals surface area contributed by atoms with Crippen LogP contribution in [-0.4, -0.2) is 121 Å². The summed E-state index contributed by atoms with van der Waals surface area (Å²) < 4.78 is 105. The highest BCUT2D eigenvalue weighted by Gasteiger charge is 2.35. The molecule has 0 amide bonds. The number of furan rings is 2. The molecule has 7 rings (SSSR count). The van der Waals surface area contributed by atoms with Crippen LogP contribution < -0.4 is 30.7 Å². The van der Waals surface area contributed by atoms with Crippen molar-refractivity contribution in [1.82, 2.24) is 29.9 Å². The fourth-order valence-corrected chi connectivity index (χ4v) is 13.3. The van der Waals surface area contributed by atoms with Crippen molar-refractivity contribution in [2.24, 2.45) is 28.4 Å². The third-order valence-corrected chi connectivity index (χ3v) is 18.6. The summed E-state index contributed by atoms with van der Waals surface area (Å²) in [6.07, 6.45) is 6.48. The predicted molar refractivity (Wildman–Crippen MR) is 282 cm³/mol. The van der Waals surface area contributed by atoms with Crippen LogP contribution in [0.2, 0.25) is 0 Å². The topological polar surface area (TPSA) is 297 Å². The number of aromatic hydroxyl groups is 2. The van der Waals surface area contributed by atoms with Gasteiger partial charge in [-0.25, -0.2) is 34.7 Å². The van der Waals surface area contributed by atoms with Crippen molar-refractivity contribution in [1.29, 1.82) is 0 Å². The number of sulfonamides is 2. The molecule has 0 radical (unpaired) electrons. The second-order valence-electron chi connectivity index (χ2n) is 18.9. The summed E-state index contributed by atoms with van der Waals surface area (Å²) in [6, 6.07) is 5.01. The Labute approximate surface area is 428 Å². The molecule has 1 saturated heterocycles. The Morgan fingerprint density at radius 2 is 1.20 bits per heavy atom. The molecule has 28 heteroatoms. The Morgan fingerprint density at radius 1 is 0.718 bits per heavy atom. The number of nitrogens with zero attached hydrogens (tertiary/aromatic N) is 6. The molecular weight excluding hydrogens is 1040 g/mol. The van der Waals surface area contributed by atoms with Crippen molar-refractivity contribution in [3.8, 4) is 11.5 Å². The van der Waals surface area contributed by atoms with Gasteiger partial charge in [-0.05, 0) is 67.4 Å². The summed E-state index contributed by atoms with van der Waals surface area (Å²) in [7, 11) is -5.51. The van der Waals surface area contributed by atoms with Gasteiger partial charge in [-0.2, -0.15) is 0 Å². The number of anilines is 2. The van der Waals surface area contributed by atoms with Gasteiger partial charge < -0.3 is 50.1 Å². The van der Waals surface area contributed by atoms with Gasteiger partial charge in [0.25, 0.3) is 42.4 Å². The number of hydrogen-bond acceptors (Lipinski definition) is 18. The largest absolute Gasteiger partial charge is 0.504 e. The number of nitrogens with one attached hydrogen (secondary N) is 6. The van der Waals surface area contributed by atoms with E-state index in [2.05, 4.69) is 92.0 Å². The molecule has 7 heterocycles. The number of aryl methyl sites for hydroxylation is 1. The van der Waals surface area contributed by atoms with E-state index in [1.165, 1.54) is 10.8 Å². The molecule has 0 aliphatic carbocycles. The van der Waals surface area contributed by atoms with E-state index in [1.54, 1.807) is 32.4 Å². The molecule has 0 saturated carbocycles. The van der Waals surface area contributed by atoms with E-state index in [0.717, 1.165) is 86.0 Å². The molecule has 4 atom stereocenters. The molecule has 4 aromatic heterocycles. The van der Waals surface area contributed by atoms with E-state index >= 15 is 0 Å². The van der Waals surface area contributed by atoms with Crippen LogP contribution in [0.1, 0.15) is 97.4 Å². The minimum Gasteiger partial charge on any atom is -0.504 e. The van der Waals surface area contributed by atoms with Gasteiger partial charge in [0, 0.05) is 50.0 Å². The summed E-state index contributed by atoms with van der Waals surface area (Å²) in [6.45, 7) is 21.5. The first-order valence-electron chi connectivity index (χ1n) is 22.8. The number of hydrogen-bond donors (Lipinski definition) is 8. The van der Waals surface area contributed by atoms with Gasteiger partial charge in [0.05, 0.1) is 36.0 Å². The molecule has 3 aliphatic heterocycles. The van der Waals surface area contributed by atoms with Crippen molar-refractivity contribution in [2.45, 2.75) is 95.2 Å². The molecule has 1 fully saturated rings. The predicted octanol–water partition coefficient (Wildman–Crippen LogP) is 5.62. The zero-order valence-corrected chi connectivity index (χ0v) is 46.0. The minimum atomic E-state index is -3.85. The van der Waals surface area contributed by atoms with Crippen molar-refractivity contribution >= 4 is 99.8 Å². The lowest BCUT2D eigenvalue weighted by Crippen LogP contribution is -2.44. The molecule has 0 bridgehead atoms. The van der Waals surface area contributed by atoms with Gasteiger partial charge in [0.1, 0.15) is 11.5 Å². The van der Waals surface area contributed by atoms with Crippen LogP contribution in [0, 0.1) is 10.8 Å². The second kappa shape index (κ2) is 23.6.